The Morgan fingerprint density at radius 3 is 2.56 bits per heavy atom. The van der Waals surface area contributed by atoms with Crippen LogP contribution in [0.3, 0.4) is 0 Å². The van der Waals surface area contributed by atoms with Crippen LogP contribution in [0.5, 0.6) is 0 Å². The number of aromatic nitrogens is 1. The Labute approximate surface area is 160 Å². The van der Waals surface area contributed by atoms with E-state index in [0.717, 1.165) is 33.8 Å². The van der Waals surface area contributed by atoms with Gasteiger partial charge in [0.25, 0.3) is 11.1 Å². The van der Waals surface area contributed by atoms with Crippen molar-refractivity contribution in [3.8, 4) is 6.07 Å². The van der Waals surface area contributed by atoms with Gasteiger partial charge in [-0.1, -0.05) is 48.5 Å². The predicted octanol–water partition coefficient (Wildman–Crippen LogP) is 4.40. The minimum absolute atomic E-state index is 0.226. The highest BCUT2D eigenvalue weighted by Gasteiger charge is 2.35. The zero-order chi connectivity index (χ0) is 18.8. The normalized spacial score (nSPS) is 15.7. The van der Waals surface area contributed by atoms with Gasteiger partial charge in [0, 0.05) is 22.7 Å². The molecule has 0 saturated carbocycles. The number of benzene rings is 2. The van der Waals surface area contributed by atoms with Gasteiger partial charge in [0.2, 0.25) is 0 Å². The fourth-order valence-corrected chi connectivity index (χ4v) is 3.97. The summed E-state index contributed by atoms with van der Waals surface area (Å²) in [6, 6.07) is 19.3. The second-order valence-electron chi connectivity index (χ2n) is 6.14. The van der Waals surface area contributed by atoms with E-state index >= 15 is 0 Å². The van der Waals surface area contributed by atoms with Crippen molar-refractivity contribution in [2.45, 2.75) is 13.1 Å². The predicted molar refractivity (Wildman–Crippen MR) is 106 cm³/mol. The molecule has 0 N–H and O–H groups in total. The molecule has 4 rings (SSSR count). The number of imide groups is 1. The average molecular weight is 373 g/mol. The average Bonchev–Trinajstić information content (AvgIpc) is 3.16. The maximum absolute atomic E-state index is 12.8. The number of carbonyl (C=O) groups excluding carboxylic acids is 2. The molecule has 2 aromatic carbocycles. The van der Waals surface area contributed by atoms with Gasteiger partial charge in [-0.25, -0.2) is 0 Å². The van der Waals surface area contributed by atoms with Crippen LogP contribution >= 0.6 is 11.8 Å². The van der Waals surface area contributed by atoms with Gasteiger partial charge in [-0.05, 0) is 29.5 Å². The van der Waals surface area contributed by atoms with Gasteiger partial charge in [-0.15, -0.1) is 0 Å². The van der Waals surface area contributed by atoms with Crippen molar-refractivity contribution in [2.75, 3.05) is 0 Å². The van der Waals surface area contributed by atoms with Crippen molar-refractivity contribution < 1.29 is 9.59 Å². The van der Waals surface area contributed by atoms with E-state index in [-0.39, 0.29) is 24.2 Å². The summed E-state index contributed by atoms with van der Waals surface area (Å²) in [5, 5.41) is 9.71. The van der Waals surface area contributed by atoms with Gasteiger partial charge >= 0.3 is 0 Å². The Morgan fingerprint density at radius 2 is 1.78 bits per heavy atom. The van der Waals surface area contributed by atoms with Crippen molar-refractivity contribution >= 4 is 39.9 Å². The van der Waals surface area contributed by atoms with E-state index in [2.05, 4.69) is 6.07 Å². The van der Waals surface area contributed by atoms with Crippen molar-refractivity contribution in [3.05, 3.63) is 76.8 Å². The summed E-state index contributed by atoms with van der Waals surface area (Å²) in [6.45, 7) is 0.489. The molecular formula is C21H15N3O2S. The number of amides is 2. The molecule has 1 fully saturated rings. The quantitative estimate of drug-likeness (QED) is 0.636. The van der Waals surface area contributed by atoms with Gasteiger partial charge in [0.1, 0.15) is 6.54 Å². The van der Waals surface area contributed by atoms with Crippen LogP contribution in [0, 0.1) is 11.3 Å². The van der Waals surface area contributed by atoms with Gasteiger partial charge in [0.15, 0.2) is 0 Å². The Morgan fingerprint density at radius 1 is 1.04 bits per heavy atom. The van der Waals surface area contributed by atoms with E-state index in [1.54, 1.807) is 6.08 Å². The summed E-state index contributed by atoms with van der Waals surface area (Å²) < 4.78 is 1.84. The first-order chi connectivity index (χ1) is 13.2. The van der Waals surface area contributed by atoms with Crippen LogP contribution in [-0.4, -0.2) is 20.6 Å². The third-order valence-electron chi connectivity index (χ3n) is 4.40. The minimum Gasteiger partial charge on any atom is -0.333 e. The lowest BCUT2D eigenvalue weighted by Crippen LogP contribution is -2.27. The maximum atomic E-state index is 12.8. The largest absolute Gasteiger partial charge is 0.333 e. The molecule has 132 valence electrons. The molecule has 3 aromatic rings. The number of rotatable bonds is 4. The summed E-state index contributed by atoms with van der Waals surface area (Å²) in [6.07, 6.45) is 3.59. The van der Waals surface area contributed by atoms with Crippen molar-refractivity contribution in [3.63, 3.8) is 0 Å². The number of para-hydroxylation sites is 1. The highest BCUT2D eigenvalue weighted by atomic mass is 32.2. The van der Waals surface area contributed by atoms with Gasteiger partial charge < -0.3 is 4.57 Å². The maximum Gasteiger partial charge on any atom is 0.293 e. The molecule has 1 aliphatic heterocycles. The van der Waals surface area contributed by atoms with Gasteiger partial charge in [-0.3, -0.25) is 14.5 Å². The molecule has 6 heteroatoms. The summed E-state index contributed by atoms with van der Waals surface area (Å²) in [4.78, 5) is 26.8. The van der Waals surface area contributed by atoms with Crippen molar-refractivity contribution in [1.29, 1.82) is 5.26 Å². The molecule has 2 heterocycles. The molecule has 1 aromatic heterocycles. The molecule has 1 aliphatic rings. The van der Waals surface area contributed by atoms with E-state index in [1.807, 2.05) is 65.4 Å². The summed E-state index contributed by atoms with van der Waals surface area (Å²) in [5.41, 5.74) is 2.66. The van der Waals surface area contributed by atoms with Crippen LogP contribution in [-0.2, 0) is 17.9 Å². The number of thioether (sulfide) groups is 1. The molecule has 0 aliphatic carbocycles. The van der Waals surface area contributed by atoms with Crippen molar-refractivity contribution in [2.24, 2.45) is 0 Å². The zero-order valence-electron chi connectivity index (χ0n) is 14.3. The first-order valence-corrected chi connectivity index (χ1v) is 9.23. The SMILES string of the molecule is N#CCn1cc(/C=C2\SC(=O)N(Cc3ccccc3)C2=O)c2ccccc21. The Balaban J connectivity index is 1.67. The number of nitriles is 1. The molecule has 0 atom stereocenters. The number of carbonyl (C=O) groups is 2. The van der Waals surface area contributed by atoms with Crippen molar-refractivity contribution in [1.82, 2.24) is 9.47 Å². The third-order valence-corrected chi connectivity index (χ3v) is 5.31. The Hall–Kier alpha value is -3.30. The van der Waals surface area contributed by atoms with Crippen LogP contribution in [0.15, 0.2) is 65.7 Å². The second kappa shape index (κ2) is 7.14. The topological polar surface area (TPSA) is 66.1 Å². The monoisotopic (exact) mass is 373 g/mol. The second-order valence-corrected chi connectivity index (χ2v) is 7.13. The van der Waals surface area contributed by atoms with E-state index in [4.69, 9.17) is 5.26 Å². The Bertz CT molecular complexity index is 1110. The number of hydrogen-bond donors (Lipinski definition) is 0. The van der Waals surface area contributed by atoms with E-state index < -0.39 is 0 Å². The highest BCUT2D eigenvalue weighted by Crippen LogP contribution is 2.35. The lowest BCUT2D eigenvalue weighted by atomic mass is 10.1. The zero-order valence-corrected chi connectivity index (χ0v) is 15.1. The lowest BCUT2D eigenvalue weighted by molar-refractivity contribution is -0.123. The third kappa shape index (κ3) is 3.25. The van der Waals surface area contributed by atoms with Gasteiger partial charge in [-0.2, -0.15) is 5.26 Å². The first kappa shape index (κ1) is 17.1. The van der Waals surface area contributed by atoms with E-state index in [9.17, 15) is 9.59 Å². The standard InChI is InChI=1S/C21H15N3O2S/c22-10-11-23-14-16(17-8-4-5-9-18(17)23)12-19-20(25)24(21(26)27-19)13-15-6-2-1-3-7-15/h1-9,12,14H,11,13H2/b19-12-. The summed E-state index contributed by atoms with van der Waals surface area (Å²) in [5.74, 6) is -0.286. The van der Waals surface area contributed by atoms with E-state index in [1.165, 1.54) is 4.90 Å². The van der Waals surface area contributed by atoms with Gasteiger partial charge in [0.05, 0.1) is 17.5 Å². The van der Waals surface area contributed by atoms with Crippen LogP contribution in [0.4, 0.5) is 4.79 Å². The molecule has 0 radical (unpaired) electrons. The molecule has 0 unspecified atom stereocenters. The minimum atomic E-state index is -0.286. The molecule has 27 heavy (non-hydrogen) atoms. The summed E-state index contributed by atoms with van der Waals surface area (Å²) >= 11 is 0.951. The highest BCUT2D eigenvalue weighted by molar-refractivity contribution is 8.18. The molecule has 5 nitrogen and oxygen atoms in total. The molecule has 0 spiro atoms. The number of fused-ring (bicyclic) bond motifs is 1. The van der Waals surface area contributed by atoms with E-state index in [0.29, 0.717) is 4.91 Å². The first-order valence-electron chi connectivity index (χ1n) is 8.41. The van der Waals surface area contributed by atoms with Crippen LogP contribution < -0.4 is 0 Å². The van der Waals surface area contributed by atoms with Crippen LogP contribution in [0.2, 0.25) is 0 Å². The van der Waals surface area contributed by atoms with Crippen LogP contribution in [0.25, 0.3) is 17.0 Å². The van der Waals surface area contributed by atoms with Crippen LogP contribution in [0.1, 0.15) is 11.1 Å². The number of nitrogens with zero attached hydrogens (tertiary/aromatic N) is 3. The summed E-state index contributed by atoms with van der Waals surface area (Å²) in [7, 11) is 0. The lowest BCUT2D eigenvalue weighted by Gasteiger charge is -2.12. The number of hydrogen-bond acceptors (Lipinski definition) is 4. The molecular weight excluding hydrogens is 358 g/mol. The molecule has 1 saturated heterocycles. The fourth-order valence-electron chi connectivity index (χ4n) is 3.14. The smallest absolute Gasteiger partial charge is 0.293 e. The molecule has 0 bridgehead atoms. The molecule has 2 amide bonds. The fraction of sp³-hybridized carbons (Fsp3) is 0.0952. The Kier molecular flexibility index (Phi) is 4.53.